The van der Waals surface area contributed by atoms with Crippen molar-refractivity contribution in [2.45, 2.75) is 38.8 Å². The highest BCUT2D eigenvalue weighted by Gasteiger charge is 2.26. The molecule has 0 aliphatic rings. The fraction of sp³-hybridized carbons (Fsp3) is 0.421. The molecule has 28 heavy (non-hydrogen) atoms. The first kappa shape index (κ1) is 21.6. The second kappa shape index (κ2) is 8.97. The normalized spacial score (nSPS) is 12.2. The second-order valence-electron chi connectivity index (χ2n) is 7.43. The van der Waals surface area contributed by atoms with Crippen LogP contribution in [0.4, 0.5) is 10.6 Å². The molecule has 1 amide bonds. The summed E-state index contributed by atoms with van der Waals surface area (Å²) in [6, 6.07) is 6.27. The summed E-state index contributed by atoms with van der Waals surface area (Å²) in [6.07, 6.45) is 1.40. The lowest BCUT2D eigenvalue weighted by Crippen LogP contribution is -2.38. The number of carbonyl (C=O) groups is 2. The molecule has 1 aromatic carbocycles. The Morgan fingerprint density at radius 1 is 1.25 bits per heavy atom. The molecule has 8 nitrogen and oxygen atoms in total. The van der Waals surface area contributed by atoms with Gasteiger partial charge in [0.05, 0.1) is 6.20 Å². The number of esters is 1. The molecule has 2 rings (SSSR count). The van der Waals surface area contributed by atoms with Gasteiger partial charge in [0.25, 0.3) is 0 Å². The molecule has 0 radical (unpaired) electrons. The number of aromatic amines is 1. The van der Waals surface area contributed by atoms with Crippen molar-refractivity contribution in [1.82, 2.24) is 14.9 Å². The summed E-state index contributed by atoms with van der Waals surface area (Å²) >= 11 is 5.80. The third-order valence-electron chi connectivity index (χ3n) is 3.50. The molecule has 1 aromatic heterocycles. The lowest BCUT2D eigenvalue weighted by molar-refractivity contribution is -0.155. The molecule has 9 heteroatoms. The van der Waals surface area contributed by atoms with Gasteiger partial charge in [0.2, 0.25) is 5.28 Å². The molecule has 1 atom stereocenters. The number of aromatic nitrogens is 2. The number of hydrogen-bond acceptors (Lipinski definition) is 6. The van der Waals surface area contributed by atoms with Crippen molar-refractivity contribution in [2.75, 3.05) is 19.4 Å². The first-order chi connectivity index (χ1) is 13.0. The van der Waals surface area contributed by atoms with E-state index in [0.29, 0.717) is 18.0 Å². The van der Waals surface area contributed by atoms with E-state index in [1.165, 1.54) is 11.1 Å². The Labute approximate surface area is 169 Å². The van der Waals surface area contributed by atoms with Crippen LogP contribution < -0.4 is 10.1 Å². The van der Waals surface area contributed by atoms with Gasteiger partial charge in [0.15, 0.2) is 0 Å². The number of rotatable bonds is 6. The molecule has 2 N–H and O–H groups in total. The largest absolute Gasteiger partial charge is 0.458 e. The van der Waals surface area contributed by atoms with E-state index in [9.17, 15) is 9.59 Å². The van der Waals surface area contributed by atoms with Crippen molar-refractivity contribution < 1.29 is 19.1 Å². The van der Waals surface area contributed by atoms with Crippen molar-refractivity contribution in [3.8, 4) is 5.75 Å². The van der Waals surface area contributed by atoms with Gasteiger partial charge in [-0.1, -0.05) is 12.1 Å². The van der Waals surface area contributed by atoms with Crippen molar-refractivity contribution in [3.05, 3.63) is 41.3 Å². The van der Waals surface area contributed by atoms with Crippen LogP contribution in [0.25, 0.3) is 0 Å². The predicted molar refractivity (Wildman–Crippen MR) is 107 cm³/mol. The summed E-state index contributed by atoms with van der Waals surface area (Å²) in [6.45, 7) is 5.43. The molecular weight excluding hydrogens is 384 g/mol. The van der Waals surface area contributed by atoms with Crippen LogP contribution in [0, 0.1) is 0 Å². The van der Waals surface area contributed by atoms with Gasteiger partial charge in [-0.25, -0.2) is 14.6 Å². The molecule has 0 fully saturated rings. The van der Waals surface area contributed by atoms with Crippen LogP contribution in [0.5, 0.6) is 5.75 Å². The van der Waals surface area contributed by atoms with Gasteiger partial charge in [-0.05, 0) is 50.1 Å². The van der Waals surface area contributed by atoms with E-state index in [1.54, 1.807) is 38.4 Å². The maximum absolute atomic E-state index is 12.6. The van der Waals surface area contributed by atoms with E-state index in [-0.39, 0.29) is 5.28 Å². The summed E-state index contributed by atoms with van der Waals surface area (Å²) < 4.78 is 10.7. The summed E-state index contributed by atoms with van der Waals surface area (Å²) in [4.78, 5) is 32.3. The van der Waals surface area contributed by atoms with Crippen molar-refractivity contribution >= 4 is 29.5 Å². The number of ether oxygens (including phenoxy) is 2. The van der Waals surface area contributed by atoms with Crippen molar-refractivity contribution in [1.29, 1.82) is 0 Å². The maximum Gasteiger partial charge on any atom is 0.414 e. The Bertz CT molecular complexity index is 812. The molecular formula is C19H25ClN4O4. The monoisotopic (exact) mass is 408 g/mol. The first-order valence-electron chi connectivity index (χ1n) is 8.71. The molecule has 2 aromatic rings. The maximum atomic E-state index is 12.6. The molecule has 0 spiro atoms. The number of benzene rings is 1. The third-order valence-corrected chi connectivity index (χ3v) is 3.69. The highest BCUT2D eigenvalue weighted by molar-refractivity contribution is 6.28. The highest BCUT2D eigenvalue weighted by atomic mass is 35.5. The van der Waals surface area contributed by atoms with E-state index in [4.69, 9.17) is 21.1 Å². The van der Waals surface area contributed by atoms with E-state index in [2.05, 4.69) is 15.3 Å². The van der Waals surface area contributed by atoms with Gasteiger partial charge in [-0.3, -0.25) is 0 Å². The minimum absolute atomic E-state index is 0.220. The quantitative estimate of drug-likeness (QED) is 0.710. The molecule has 0 saturated heterocycles. The van der Waals surface area contributed by atoms with E-state index >= 15 is 0 Å². The molecule has 152 valence electrons. The summed E-state index contributed by atoms with van der Waals surface area (Å²) in [5.74, 6) is 0.531. The van der Waals surface area contributed by atoms with Gasteiger partial charge in [0, 0.05) is 20.5 Å². The SMILES string of the molecule is CN(C)C(=O)Oc1ccc(C[C@H](Nc2cnc(Cl)[nH]2)C(=O)OC(C)(C)C)cc1. The third kappa shape index (κ3) is 6.77. The zero-order valence-corrected chi connectivity index (χ0v) is 17.3. The Balaban J connectivity index is 2.12. The van der Waals surface area contributed by atoms with Crippen molar-refractivity contribution in [3.63, 3.8) is 0 Å². The number of anilines is 1. The Kier molecular flexibility index (Phi) is 6.90. The molecule has 0 saturated carbocycles. The van der Waals surface area contributed by atoms with Gasteiger partial charge < -0.3 is 24.7 Å². The zero-order chi connectivity index (χ0) is 20.9. The standard InChI is InChI=1S/C19H25ClN4O4/c1-19(2,3)28-16(25)14(22-15-11-21-17(20)23-15)10-12-6-8-13(9-7-12)27-18(26)24(4)5/h6-9,11,14,22H,10H2,1-5H3,(H,21,23)/t14-/m0/s1. The number of hydrogen-bond donors (Lipinski definition) is 2. The number of amides is 1. The lowest BCUT2D eigenvalue weighted by atomic mass is 10.1. The van der Waals surface area contributed by atoms with Crippen LogP contribution in [0.15, 0.2) is 30.5 Å². The highest BCUT2D eigenvalue weighted by Crippen LogP contribution is 2.18. The minimum Gasteiger partial charge on any atom is -0.458 e. The van der Waals surface area contributed by atoms with Gasteiger partial charge in [-0.15, -0.1) is 0 Å². The molecule has 0 aliphatic heterocycles. The average Bonchev–Trinajstić information content (AvgIpc) is 2.99. The fourth-order valence-corrected chi connectivity index (χ4v) is 2.40. The van der Waals surface area contributed by atoms with Crippen LogP contribution >= 0.6 is 11.6 Å². The topological polar surface area (TPSA) is 96.5 Å². The van der Waals surface area contributed by atoms with Crippen LogP contribution in [0.3, 0.4) is 0 Å². The zero-order valence-electron chi connectivity index (χ0n) is 16.6. The predicted octanol–water partition coefficient (Wildman–Crippen LogP) is 3.49. The molecule has 1 heterocycles. The Morgan fingerprint density at radius 3 is 2.39 bits per heavy atom. The van der Waals surface area contributed by atoms with Crippen molar-refractivity contribution in [2.24, 2.45) is 0 Å². The number of carbonyl (C=O) groups excluding carboxylic acids is 2. The first-order valence-corrected chi connectivity index (χ1v) is 9.09. The number of nitrogens with zero attached hydrogens (tertiary/aromatic N) is 2. The van der Waals surface area contributed by atoms with E-state index in [1.807, 2.05) is 20.8 Å². The van der Waals surface area contributed by atoms with Gasteiger partial charge in [0.1, 0.15) is 23.2 Å². The Hall–Kier alpha value is -2.74. The number of nitrogens with one attached hydrogen (secondary N) is 2. The van der Waals surface area contributed by atoms with E-state index < -0.39 is 23.7 Å². The lowest BCUT2D eigenvalue weighted by Gasteiger charge is -2.24. The van der Waals surface area contributed by atoms with Crippen LogP contribution in [0.1, 0.15) is 26.3 Å². The van der Waals surface area contributed by atoms with Gasteiger partial charge in [-0.2, -0.15) is 0 Å². The number of H-pyrrole nitrogens is 1. The molecule has 0 unspecified atom stereocenters. The number of halogens is 1. The van der Waals surface area contributed by atoms with Gasteiger partial charge >= 0.3 is 12.1 Å². The summed E-state index contributed by atoms with van der Waals surface area (Å²) in [5.41, 5.74) is 0.242. The molecule has 0 bridgehead atoms. The minimum atomic E-state index is -0.661. The van der Waals surface area contributed by atoms with Crippen LogP contribution in [-0.4, -0.2) is 52.7 Å². The second-order valence-corrected chi connectivity index (χ2v) is 7.79. The number of imidazole rings is 1. The van der Waals surface area contributed by atoms with E-state index in [0.717, 1.165) is 5.56 Å². The fourth-order valence-electron chi connectivity index (χ4n) is 2.25. The Morgan fingerprint density at radius 2 is 1.89 bits per heavy atom. The van der Waals surface area contributed by atoms with Crippen LogP contribution in [-0.2, 0) is 16.0 Å². The average molecular weight is 409 g/mol. The van der Waals surface area contributed by atoms with Crippen LogP contribution in [0.2, 0.25) is 5.28 Å². The summed E-state index contributed by atoms with van der Waals surface area (Å²) in [5, 5.41) is 3.28. The smallest absolute Gasteiger partial charge is 0.414 e. The molecule has 0 aliphatic carbocycles. The summed E-state index contributed by atoms with van der Waals surface area (Å²) in [7, 11) is 3.21.